The van der Waals surface area contributed by atoms with Gasteiger partial charge in [0, 0.05) is 37.3 Å². The van der Waals surface area contributed by atoms with Gasteiger partial charge in [-0.1, -0.05) is 19.3 Å². The monoisotopic (exact) mass is 336 g/mol. The molecule has 0 N–H and O–H groups in total. The molecule has 7 heteroatoms. The molecule has 0 radical (unpaired) electrons. The predicted molar refractivity (Wildman–Crippen MR) is 86.9 cm³/mol. The van der Waals surface area contributed by atoms with E-state index in [1.54, 1.807) is 28.2 Å². The van der Waals surface area contributed by atoms with E-state index in [1.807, 2.05) is 0 Å². The van der Waals surface area contributed by atoms with Crippen molar-refractivity contribution in [2.45, 2.75) is 69.5 Å². The van der Waals surface area contributed by atoms with Gasteiger partial charge in [-0.3, -0.25) is 0 Å². The van der Waals surface area contributed by atoms with E-state index in [-0.39, 0.29) is 18.1 Å². The van der Waals surface area contributed by atoms with Crippen molar-refractivity contribution in [1.29, 1.82) is 0 Å². The Balaban J connectivity index is 1.65. The second kappa shape index (κ2) is 5.79. The number of nitrogens with zero attached hydrogens (tertiary/aromatic N) is 4. The van der Waals surface area contributed by atoms with Gasteiger partial charge in [0.25, 0.3) is 10.2 Å². The molecule has 4 rings (SSSR count). The van der Waals surface area contributed by atoms with Crippen molar-refractivity contribution in [3.8, 4) is 0 Å². The minimum Gasteiger partial charge on any atom is -0.244 e. The number of rotatable bonds is 3. The second-order valence-corrected chi connectivity index (χ2v) is 8.91. The van der Waals surface area contributed by atoms with E-state index in [2.05, 4.69) is 9.97 Å². The highest BCUT2D eigenvalue weighted by Crippen LogP contribution is 2.45. The third-order valence-electron chi connectivity index (χ3n) is 5.77. The van der Waals surface area contributed by atoms with Crippen molar-refractivity contribution in [2.75, 3.05) is 7.05 Å². The summed E-state index contributed by atoms with van der Waals surface area (Å²) in [6, 6.07) is 0.126. The average Bonchev–Trinajstić information content (AvgIpc) is 2.91. The fourth-order valence-corrected chi connectivity index (χ4v) is 6.49. The number of hydrogen-bond acceptors (Lipinski definition) is 4. The molecule has 2 unspecified atom stereocenters. The van der Waals surface area contributed by atoms with E-state index in [4.69, 9.17) is 0 Å². The average molecular weight is 336 g/mol. The van der Waals surface area contributed by atoms with Crippen molar-refractivity contribution < 1.29 is 8.42 Å². The largest absolute Gasteiger partial charge is 0.282 e. The molecular formula is C16H24N4O2S. The first kappa shape index (κ1) is 15.5. The lowest BCUT2D eigenvalue weighted by Crippen LogP contribution is -2.51. The third-order valence-corrected chi connectivity index (χ3v) is 7.89. The maximum Gasteiger partial charge on any atom is 0.282 e. The van der Waals surface area contributed by atoms with Gasteiger partial charge in [-0.15, -0.1) is 0 Å². The summed E-state index contributed by atoms with van der Waals surface area (Å²) in [6.45, 7) is 0. The van der Waals surface area contributed by atoms with Crippen LogP contribution in [0.25, 0.3) is 0 Å². The molecule has 126 valence electrons. The van der Waals surface area contributed by atoms with Gasteiger partial charge in [0.1, 0.15) is 6.33 Å². The maximum atomic E-state index is 13.3. The van der Waals surface area contributed by atoms with Crippen LogP contribution in [0.2, 0.25) is 0 Å². The van der Waals surface area contributed by atoms with Crippen LogP contribution in [0.5, 0.6) is 0 Å². The van der Waals surface area contributed by atoms with Crippen molar-refractivity contribution in [2.24, 2.45) is 0 Å². The fraction of sp³-hybridized carbons (Fsp3) is 0.750. The van der Waals surface area contributed by atoms with Gasteiger partial charge in [0.15, 0.2) is 0 Å². The summed E-state index contributed by atoms with van der Waals surface area (Å²) in [5, 5.41) is 0. The van der Waals surface area contributed by atoms with Crippen LogP contribution in [0.4, 0.5) is 0 Å². The first-order valence-corrected chi connectivity index (χ1v) is 10.0. The standard InChI is InChI=1S/C16H24N4O2S/c1-19(12-5-3-2-4-6-12)23(21,22)20-13-7-8-16(20)14-10-17-11-18-15(14)9-13/h10-13,16H,2-9H2,1H3. The Bertz CT molecular complexity index is 687. The maximum absolute atomic E-state index is 13.3. The van der Waals surface area contributed by atoms with E-state index in [9.17, 15) is 8.42 Å². The summed E-state index contributed by atoms with van der Waals surface area (Å²) in [6.07, 6.45) is 11.3. The summed E-state index contributed by atoms with van der Waals surface area (Å²) >= 11 is 0. The molecule has 1 saturated heterocycles. The smallest absolute Gasteiger partial charge is 0.244 e. The molecule has 23 heavy (non-hydrogen) atoms. The highest BCUT2D eigenvalue weighted by molar-refractivity contribution is 7.86. The van der Waals surface area contributed by atoms with Crippen molar-refractivity contribution in [3.63, 3.8) is 0 Å². The van der Waals surface area contributed by atoms with Crippen LogP contribution < -0.4 is 0 Å². The Hall–Kier alpha value is -1.05. The van der Waals surface area contributed by atoms with E-state index in [0.717, 1.165) is 49.8 Å². The molecule has 1 aromatic rings. The van der Waals surface area contributed by atoms with Crippen LogP contribution in [0.15, 0.2) is 12.5 Å². The zero-order valence-corrected chi connectivity index (χ0v) is 14.4. The summed E-state index contributed by atoms with van der Waals surface area (Å²) in [4.78, 5) is 8.48. The lowest BCUT2D eigenvalue weighted by Gasteiger charge is -2.39. The highest BCUT2D eigenvalue weighted by atomic mass is 32.2. The van der Waals surface area contributed by atoms with Crippen LogP contribution in [-0.4, -0.2) is 46.1 Å². The number of fused-ring (bicyclic) bond motifs is 4. The van der Waals surface area contributed by atoms with Crippen LogP contribution in [0.3, 0.4) is 0 Å². The molecule has 6 nitrogen and oxygen atoms in total. The Labute approximate surface area is 138 Å². The van der Waals surface area contributed by atoms with Gasteiger partial charge in [-0.2, -0.15) is 17.0 Å². The van der Waals surface area contributed by atoms with Gasteiger partial charge in [-0.25, -0.2) is 9.97 Å². The molecule has 2 atom stereocenters. The molecule has 0 spiro atoms. The Morgan fingerprint density at radius 3 is 2.74 bits per heavy atom. The SMILES string of the molecule is CN(C1CCCCC1)S(=O)(=O)N1C2CCC1c1cncnc1C2. The minimum absolute atomic E-state index is 0.0541. The lowest BCUT2D eigenvalue weighted by molar-refractivity contribution is 0.233. The molecule has 1 aliphatic carbocycles. The van der Waals surface area contributed by atoms with Gasteiger partial charge >= 0.3 is 0 Å². The van der Waals surface area contributed by atoms with E-state index >= 15 is 0 Å². The first-order chi connectivity index (χ1) is 11.1. The quantitative estimate of drug-likeness (QED) is 0.847. The van der Waals surface area contributed by atoms with Crippen LogP contribution in [0.1, 0.15) is 62.2 Å². The van der Waals surface area contributed by atoms with Crippen molar-refractivity contribution in [1.82, 2.24) is 18.6 Å². The van der Waals surface area contributed by atoms with Gasteiger partial charge < -0.3 is 0 Å². The Morgan fingerprint density at radius 1 is 1.17 bits per heavy atom. The van der Waals surface area contributed by atoms with Crippen molar-refractivity contribution >= 4 is 10.2 Å². The van der Waals surface area contributed by atoms with E-state index < -0.39 is 10.2 Å². The molecule has 2 bridgehead atoms. The van der Waals surface area contributed by atoms with Crippen LogP contribution in [0, 0.1) is 0 Å². The van der Waals surface area contributed by atoms with Crippen LogP contribution >= 0.6 is 0 Å². The summed E-state index contributed by atoms with van der Waals surface area (Å²) < 4.78 is 29.9. The first-order valence-electron chi connectivity index (χ1n) is 8.64. The minimum atomic E-state index is -3.43. The van der Waals surface area contributed by atoms with Gasteiger partial charge in [0.05, 0.1) is 11.7 Å². The normalized spacial score (nSPS) is 29.0. The lowest BCUT2D eigenvalue weighted by atomic mass is 9.96. The summed E-state index contributed by atoms with van der Waals surface area (Å²) in [7, 11) is -1.66. The zero-order chi connectivity index (χ0) is 16.0. The molecule has 2 fully saturated rings. The Kier molecular flexibility index (Phi) is 3.90. The molecular weight excluding hydrogens is 312 g/mol. The Morgan fingerprint density at radius 2 is 1.96 bits per heavy atom. The number of hydrogen-bond donors (Lipinski definition) is 0. The van der Waals surface area contributed by atoms with E-state index in [0.29, 0.717) is 6.42 Å². The topological polar surface area (TPSA) is 66.4 Å². The molecule has 1 saturated carbocycles. The number of aromatic nitrogens is 2. The third kappa shape index (κ3) is 2.49. The van der Waals surface area contributed by atoms with Gasteiger partial charge in [-0.05, 0) is 25.7 Å². The summed E-state index contributed by atoms with van der Waals surface area (Å²) in [5.74, 6) is 0. The van der Waals surface area contributed by atoms with Crippen molar-refractivity contribution in [3.05, 3.63) is 23.8 Å². The molecule has 1 aromatic heterocycles. The fourth-order valence-electron chi connectivity index (χ4n) is 4.51. The molecule has 3 aliphatic rings. The highest BCUT2D eigenvalue weighted by Gasteiger charge is 2.49. The van der Waals surface area contributed by atoms with Crippen LogP contribution in [-0.2, 0) is 16.6 Å². The van der Waals surface area contributed by atoms with Gasteiger partial charge in [0.2, 0.25) is 0 Å². The van der Waals surface area contributed by atoms with E-state index in [1.165, 1.54) is 6.42 Å². The zero-order valence-electron chi connectivity index (χ0n) is 13.6. The molecule has 0 aromatic carbocycles. The second-order valence-electron chi connectivity index (χ2n) is 7.02. The summed E-state index contributed by atoms with van der Waals surface area (Å²) in [5.41, 5.74) is 2.03. The molecule has 3 heterocycles. The molecule has 0 amide bonds. The molecule has 2 aliphatic heterocycles. The predicted octanol–water partition coefficient (Wildman–Crippen LogP) is 2.05.